The SMILES string of the molecule is CCCCC/C=C\C/C=C\CCCCCCCCCCCCCCCC(=O)OCC(O)COP(=O)(O)OCC(NC(=O)CCCCCCC/C=C\CCCCCC)C(=O)O. The Morgan fingerprint density at radius 1 is 0.533 bits per heavy atom. The fourth-order valence-electron chi connectivity index (χ4n) is 6.63. The molecule has 0 aromatic rings. The van der Waals surface area contributed by atoms with Gasteiger partial charge in [-0.3, -0.25) is 18.6 Å². The molecule has 0 radical (unpaired) electrons. The molecule has 0 aliphatic heterocycles. The van der Waals surface area contributed by atoms with E-state index in [9.17, 15) is 34.1 Å². The van der Waals surface area contributed by atoms with Crippen LogP contribution in [0.3, 0.4) is 0 Å². The van der Waals surface area contributed by atoms with Crippen LogP contribution in [0.15, 0.2) is 36.5 Å². The Morgan fingerprint density at radius 3 is 1.40 bits per heavy atom. The fraction of sp³-hybridized carbons (Fsp3) is 0.812. The Balaban J connectivity index is 3.80. The van der Waals surface area contributed by atoms with Crippen molar-refractivity contribution >= 4 is 25.7 Å². The standard InChI is InChI=1S/C48H88NO10P/c1-3-5-7-9-11-13-15-17-18-19-20-21-22-23-24-25-26-28-30-32-34-36-38-40-47(52)57-41-44(50)42-58-60(55,56)59-43-45(48(53)54)49-46(51)39-37-35-33-31-29-27-16-14-12-10-8-6-4-2/h11,13-14,16-18,44-45,50H,3-10,12,15,19-43H2,1-2H3,(H,49,51)(H,53,54)(H,55,56)/b13-11-,16-14-,18-17-. The van der Waals surface area contributed by atoms with Crippen molar-refractivity contribution in [3.63, 3.8) is 0 Å². The average molecular weight is 870 g/mol. The summed E-state index contributed by atoms with van der Waals surface area (Å²) in [5.41, 5.74) is 0. The number of aliphatic hydroxyl groups is 1. The van der Waals surface area contributed by atoms with Crippen molar-refractivity contribution in [3.8, 4) is 0 Å². The summed E-state index contributed by atoms with van der Waals surface area (Å²) in [7, 11) is -4.76. The van der Waals surface area contributed by atoms with Crippen LogP contribution in [0.1, 0.15) is 219 Å². The first-order valence-electron chi connectivity index (χ1n) is 24.0. The van der Waals surface area contributed by atoms with Gasteiger partial charge in [0.05, 0.1) is 13.2 Å². The van der Waals surface area contributed by atoms with E-state index in [2.05, 4.69) is 55.6 Å². The van der Waals surface area contributed by atoms with Gasteiger partial charge in [-0.2, -0.15) is 0 Å². The monoisotopic (exact) mass is 870 g/mol. The van der Waals surface area contributed by atoms with Crippen molar-refractivity contribution in [2.45, 2.75) is 231 Å². The highest BCUT2D eigenvalue weighted by atomic mass is 31.2. The lowest BCUT2D eigenvalue weighted by molar-refractivity contribution is -0.147. The van der Waals surface area contributed by atoms with Crippen LogP contribution in [-0.2, 0) is 32.7 Å². The molecule has 3 unspecified atom stereocenters. The van der Waals surface area contributed by atoms with Gasteiger partial charge in [-0.25, -0.2) is 9.36 Å². The van der Waals surface area contributed by atoms with E-state index in [1.165, 1.54) is 116 Å². The molecule has 60 heavy (non-hydrogen) atoms. The third-order valence-electron chi connectivity index (χ3n) is 10.4. The molecule has 0 aliphatic rings. The Kier molecular flexibility index (Phi) is 41.7. The molecule has 0 rings (SSSR count). The van der Waals surface area contributed by atoms with Gasteiger partial charge < -0.3 is 25.2 Å². The van der Waals surface area contributed by atoms with Gasteiger partial charge in [-0.15, -0.1) is 0 Å². The largest absolute Gasteiger partial charge is 0.480 e. The number of aliphatic hydroxyl groups excluding tert-OH is 1. The van der Waals surface area contributed by atoms with Crippen LogP contribution in [0.5, 0.6) is 0 Å². The third-order valence-corrected chi connectivity index (χ3v) is 11.4. The van der Waals surface area contributed by atoms with Gasteiger partial charge in [0.2, 0.25) is 5.91 Å². The van der Waals surface area contributed by atoms with Crippen molar-refractivity contribution < 1.29 is 47.8 Å². The summed E-state index contributed by atoms with van der Waals surface area (Å²) in [4.78, 5) is 45.9. The molecule has 0 aromatic carbocycles. The van der Waals surface area contributed by atoms with Crippen LogP contribution in [0.4, 0.5) is 0 Å². The minimum absolute atomic E-state index is 0.136. The Morgan fingerprint density at radius 2 is 0.917 bits per heavy atom. The smallest absolute Gasteiger partial charge is 0.472 e. The topological polar surface area (TPSA) is 169 Å². The maximum atomic E-state index is 12.3. The van der Waals surface area contributed by atoms with E-state index in [4.69, 9.17) is 13.8 Å². The lowest BCUT2D eigenvalue weighted by atomic mass is 10.0. The molecule has 0 aliphatic carbocycles. The number of phosphoric acid groups is 1. The van der Waals surface area contributed by atoms with Gasteiger partial charge >= 0.3 is 19.8 Å². The van der Waals surface area contributed by atoms with Crippen LogP contribution < -0.4 is 5.32 Å². The molecular formula is C48H88NO10P. The molecule has 0 saturated heterocycles. The Bertz CT molecular complexity index is 1160. The van der Waals surface area contributed by atoms with Gasteiger partial charge in [0.25, 0.3) is 0 Å². The predicted octanol–water partition coefficient (Wildman–Crippen LogP) is 12.8. The summed E-state index contributed by atoms with van der Waals surface area (Å²) in [5.74, 6) is -2.38. The van der Waals surface area contributed by atoms with Crippen LogP contribution in [0, 0.1) is 0 Å². The number of carboxylic acid groups (broad SMARTS) is 1. The maximum absolute atomic E-state index is 12.3. The number of phosphoric ester groups is 1. The van der Waals surface area contributed by atoms with Gasteiger partial charge in [0.1, 0.15) is 12.7 Å². The van der Waals surface area contributed by atoms with Crippen molar-refractivity contribution in [1.82, 2.24) is 5.32 Å². The van der Waals surface area contributed by atoms with Gasteiger partial charge in [0.15, 0.2) is 6.04 Å². The lowest BCUT2D eigenvalue weighted by Gasteiger charge is -2.18. The molecular weight excluding hydrogens is 781 g/mol. The van der Waals surface area contributed by atoms with Crippen LogP contribution >= 0.6 is 7.82 Å². The number of allylic oxidation sites excluding steroid dienone is 6. The van der Waals surface area contributed by atoms with E-state index in [1.54, 1.807) is 0 Å². The summed E-state index contributed by atoms with van der Waals surface area (Å²) in [6, 6.07) is -1.55. The van der Waals surface area contributed by atoms with Crippen molar-refractivity contribution in [1.29, 1.82) is 0 Å². The lowest BCUT2D eigenvalue weighted by Crippen LogP contribution is -2.43. The van der Waals surface area contributed by atoms with Crippen LogP contribution in [0.2, 0.25) is 0 Å². The summed E-state index contributed by atoms with van der Waals surface area (Å²) in [5, 5.41) is 21.8. The van der Waals surface area contributed by atoms with E-state index >= 15 is 0 Å². The number of esters is 1. The second-order valence-electron chi connectivity index (χ2n) is 16.3. The molecule has 0 heterocycles. The number of amides is 1. The molecule has 1 amide bonds. The Hall–Kier alpha value is -2.30. The molecule has 0 bridgehead atoms. The summed E-state index contributed by atoms with van der Waals surface area (Å²) in [6.07, 6.45) is 47.4. The quantitative estimate of drug-likeness (QED) is 0.0200. The highest BCUT2D eigenvalue weighted by Crippen LogP contribution is 2.43. The number of unbranched alkanes of at least 4 members (excludes halogenated alkanes) is 25. The number of nitrogens with one attached hydrogen (secondary N) is 1. The molecule has 0 fully saturated rings. The Labute approximate surface area is 365 Å². The van der Waals surface area contributed by atoms with Crippen LogP contribution in [-0.4, -0.2) is 64.9 Å². The van der Waals surface area contributed by atoms with Crippen molar-refractivity contribution in [3.05, 3.63) is 36.5 Å². The first-order valence-corrected chi connectivity index (χ1v) is 25.5. The zero-order valence-electron chi connectivity index (χ0n) is 38.0. The summed E-state index contributed by atoms with van der Waals surface area (Å²) < 4.78 is 26.9. The molecule has 11 nitrogen and oxygen atoms in total. The normalized spacial score (nSPS) is 13.9. The van der Waals surface area contributed by atoms with Gasteiger partial charge in [-0.1, -0.05) is 172 Å². The van der Waals surface area contributed by atoms with Gasteiger partial charge in [-0.05, 0) is 70.6 Å². The number of carbonyl (C=O) groups excluding carboxylic acids is 2. The van der Waals surface area contributed by atoms with E-state index in [0.29, 0.717) is 12.8 Å². The summed E-state index contributed by atoms with van der Waals surface area (Å²) in [6.45, 7) is 2.56. The second-order valence-corrected chi connectivity index (χ2v) is 17.7. The van der Waals surface area contributed by atoms with Gasteiger partial charge in [0, 0.05) is 12.8 Å². The minimum Gasteiger partial charge on any atom is -0.480 e. The first kappa shape index (κ1) is 57.7. The number of hydrogen-bond acceptors (Lipinski definition) is 8. The minimum atomic E-state index is -4.76. The van der Waals surface area contributed by atoms with Crippen molar-refractivity contribution in [2.75, 3.05) is 19.8 Å². The molecule has 12 heteroatoms. The molecule has 3 atom stereocenters. The average Bonchev–Trinajstić information content (AvgIpc) is 3.22. The number of aliphatic carboxylic acids is 1. The summed E-state index contributed by atoms with van der Waals surface area (Å²) >= 11 is 0. The molecule has 4 N–H and O–H groups in total. The number of ether oxygens (including phenoxy) is 1. The maximum Gasteiger partial charge on any atom is 0.472 e. The molecule has 0 spiro atoms. The van der Waals surface area contributed by atoms with E-state index < -0.39 is 57.6 Å². The first-order chi connectivity index (χ1) is 29.1. The highest BCUT2D eigenvalue weighted by Gasteiger charge is 2.28. The zero-order valence-corrected chi connectivity index (χ0v) is 38.9. The zero-order chi connectivity index (χ0) is 44.2. The van der Waals surface area contributed by atoms with E-state index in [0.717, 1.165) is 64.2 Å². The molecule has 0 saturated carbocycles. The number of hydrogen-bond donors (Lipinski definition) is 4. The predicted molar refractivity (Wildman–Crippen MR) is 245 cm³/mol. The van der Waals surface area contributed by atoms with Crippen LogP contribution in [0.25, 0.3) is 0 Å². The number of carboxylic acids is 1. The molecule has 0 aromatic heterocycles. The molecule has 350 valence electrons. The number of rotatable bonds is 45. The van der Waals surface area contributed by atoms with E-state index in [1.807, 2.05) is 0 Å². The fourth-order valence-corrected chi connectivity index (χ4v) is 7.41. The van der Waals surface area contributed by atoms with E-state index in [-0.39, 0.29) is 12.8 Å². The number of carbonyl (C=O) groups is 3. The van der Waals surface area contributed by atoms with Crippen molar-refractivity contribution in [2.24, 2.45) is 0 Å². The third kappa shape index (κ3) is 42.4. The highest BCUT2D eigenvalue weighted by molar-refractivity contribution is 7.47. The second kappa shape index (κ2) is 43.4.